The molecular weight excluding hydrogens is 473 g/mol. The monoisotopic (exact) mass is 485 g/mol. The fraction of sp³-hybridized carbons (Fsp3) is 0.167. The summed E-state index contributed by atoms with van der Waals surface area (Å²) in [6.45, 7) is 2.15. The van der Waals surface area contributed by atoms with Crippen LogP contribution in [0.5, 0.6) is 5.75 Å². The number of fused-ring (bicyclic) bond motifs is 1. The molecule has 0 radical (unpaired) electrons. The van der Waals surface area contributed by atoms with Crippen LogP contribution in [0.2, 0.25) is 10.0 Å². The molecule has 0 aromatic heterocycles. The van der Waals surface area contributed by atoms with Crippen LogP contribution < -0.4 is 15.7 Å². The van der Waals surface area contributed by atoms with E-state index in [9.17, 15) is 14.4 Å². The summed E-state index contributed by atoms with van der Waals surface area (Å²) < 4.78 is 0.383. The number of nitrogens with one attached hydrogen (secondary N) is 2. The van der Waals surface area contributed by atoms with Crippen molar-refractivity contribution < 1.29 is 19.2 Å². The third-order valence-electron chi connectivity index (χ3n) is 3.90. The third kappa shape index (κ3) is 4.00. The zero-order chi connectivity index (χ0) is 20.4. The molecule has 0 fully saturated rings. The average molecular weight is 487 g/mol. The van der Waals surface area contributed by atoms with Gasteiger partial charge in [0.15, 0.2) is 5.75 Å². The van der Waals surface area contributed by atoms with Crippen molar-refractivity contribution in [3.05, 3.63) is 56.0 Å². The lowest BCUT2D eigenvalue weighted by molar-refractivity contribution is -0.112. The summed E-state index contributed by atoms with van der Waals surface area (Å²) in [4.78, 5) is 42.5. The van der Waals surface area contributed by atoms with Crippen molar-refractivity contribution in [3.8, 4) is 5.75 Å². The first kappa shape index (κ1) is 20.6. The van der Waals surface area contributed by atoms with E-state index in [1.54, 1.807) is 24.3 Å². The fourth-order valence-corrected chi connectivity index (χ4v) is 3.58. The molecule has 10 heteroatoms. The minimum absolute atomic E-state index is 0.0248. The van der Waals surface area contributed by atoms with Crippen LogP contribution >= 0.6 is 39.1 Å². The molecule has 0 unspecified atom stereocenters. The molecule has 0 aliphatic carbocycles. The van der Waals surface area contributed by atoms with E-state index in [1.165, 1.54) is 11.1 Å². The summed E-state index contributed by atoms with van der Waals surface area (Å²) in [5.41, 5.74) is 2.94. The normalized spacial score (nSPS) is 12.6. The number of halogens is 3. The Hall–Kier alpha value is -2.13. The molecule has 2 amide bonds. The van der Waals surface area contributed by atoms with Gasteiger partial charge in [0.05, 0.1) is 21.8 Å². The second-order valence-electron chi connectivity index (χ2n) is 5.85. The number of anilines is 1. The van der Waals surface area contributed by atoms with Crippen LogP contribution in [0.1, 0.15) is 34.1 Å². The van der Waals surface area contributed by atoms with E-state index in [0.29, 0.717) is 21.6 Å². The molecule has 2 aromatic rings. The molecule has 1 aliphatic rings. The second-order valence-corrected chi connectivity index (χ2v) is 7.55. The number of nitrogens with zero attached hydrogens (tertiary/aromatic N) is 1. The Morgan fingerprint density at radius 2 is 2.00 bits per heavy atom. The minimum Gasteiger partial charge on any atom is -0.387 e. The maximum Gasteiger partial charge on any atom is 0.296 e. The molecule has 146 valence electrons. The van der Waals surface area contributed by atoms with Crippen molar-refractivity contribution in [1.82, 2.24) is 10.6 Å². The Labute approximate surface area is 179 Å². The van der Waals surface area contributed by atoms with E-state index in [4.69, 9.17) is 28.0 Å². The summed E-state index contributed by atoms with van der Waals surface area (Å²) >= 11 is 15.2. The molecule has 0 saturated heterocycles. The van der Waals surface area contributed by atoms with Gasteiger partial charge in [0.2, 0.25) is 0 Å². The highest BCUT2D eigenvalue weighted by atomic mass is 79.9. The molecule has 1 heterocycles. The smallest absolute Gasteiger partial charge is 0.296 e. The Kier molecular flexibility index (Phi) is 6.24. The van der Waals surface area contributed by atoms with Crippen LogP contribution in [0.3, 0.4) is 0 Å². The molecule has 3 rings (SSSR count). The van der Waals surface area contributed by atoms with Crippen LogP contribution in [-0.4, -0.2) is 29.2 Å². The van der Waals surface area contributed by atoms with Gasteiger partial charge in [-0.05, 0) is 52.7 Å². The summed E-state index contributed by atoms with van der Waals surface area (Å²) in [7, 11) is 0. The van der Waals surface area contributed by atoms with Gasteiger partial charge in [0.25, 0.3) is 17.6 Å². The zero-order valence-corrected chi connectivity index (χ0v) is 17.6. The van der Waals surface area contributed by atoms with Crippen LogP contribution in [0, 0.1) is 0 Å². The SMILES string of the molecule is CCCN(NOc1ccc(Cl)cc1Cl)C(=O)c1c(Br)ccc2c1C(=O)C(=O)N2. The lowest BCUT2D eigenvalue weighted by Crippen LogP contribution is -2.45. The molecule has 0 bridgehead atoms. The van der Waals surface area contributed by atoms with Gasteiger partial charge in [-0.25, -0.2) is 5.01 Å². The Morgan fingerprint density at radius 1 is 1.25 bits per heavy atom. The van der Waals surface area contributed by atoms with Crippen molar-refractivity contribution in [2.75, 3.05) is 11.9 Å². The van der Waals surface area contributed by atoms with Gasteiger partial charge in [-0.2, -0.15) is 0 Å². The largest absolute Gasteiger partial charge is 0.387 e. The van der Waals surface area contributed by atoms with E-state index < -0.39 is 17.6 Å². The van der Waals surface area contributed by atoms with Gasteiger partial charge in [0.1, 0.15) is 0 Å². The van der Waals surface area contributed by atoms with Gasteiger partial charge in [-0.1, -0.05) is 35.7 Å². The lowest BCUT2D eigenvalue weighted by Gasteiger charge is -2.24. The van der Waals surface area contributed by atoms with E-state index in [1.807, 2.05) is 6.92 Å². The summed E-state index contributed by atoms with van der Waals surface area (Å²) in [6.07, 6.45) is 0.605. The van der Waals surface area contributed by atoms with Gasteiger partial charge in [-0.3, -0.25) is 14.4 Å². The predicted octanol–water partition coefficient (Wildman–Crippen LogP) is 4.24. The van der Waals surface area contributed by atoms with Crippen molar-refractivity contribution >= 4 is 62.4 Å². The Morgan fingerprint density at radius 3 is 2.68 bits per heavy atom. The zero-order valence-electron chi connectivity index (χ0n) is 14.5. The molecule has 0 atom stereocenters. The van der Waals surface area contributed by atoms with Gasteiger partial charge in [-0.15, -0.1) is 0 Å². The van der Waals surface area contributed by atoms with Crippen molar-refractivity contribution in [2.45, 2.75) is 13.3 Å². The van der Waals surface area contributed by atoms with E-state index >= 15 is 0 Å². The number of hydrazine groups is 1. The number of benzene rings is 2. The first-order valence-electron chi connectivity index (χ1n) is 8.21. The molecule has 0 saturated carbocycles. The Balaban J connectivity index is 1.89. The summed E-state index contributed by atoms with van der Waals surface area (Å²) in [5.74, 6) is -1.81. The van der Waals surface area contributed by atoms with Crippen LogP contribution in [-0.2, 0) is 4.79 Å². The van der Waals surface area contributed by atoms with Gasteiger partial charge < -0.3 is 10.2 Å². The topological polar surface area (TPSA) is 87.7 Å². The molecule has 7 nitrogen and oxygen atoms in total. The number of hydrogen-bond donors (Lipinski definition) is 2. The predicted molar refractivity (Wildman–Crippen MR) is 109 cm³/mol. The number of carbonyl (C=O) groups excluding carboxylic acids is 3. The lowest BCUT2D eigenvalue weighted by atomic mass is 10.0. The van der Waals surface area contributed by atoms with Gasteiger partial charge >= 0.3 is 0 Å². The van der Waals surface area contributed by atoms with Crippen molar-refractivity contribution in [3.63, 3.8) is 0 Å². The molecular formula is C18H14BrCl2N3O4. The second kappa shape index (κ2) is 8.48. The number of rotatable bonds is 6. The van der Waals surface area contributed by atoms with Gasteiger partial charge in [0, 0.05) is 16.0 Å². The highest BCUT2D eigenvalue weighted by molar-refractivity contribution is 9.10. The summed E-state index contributed by atoms with van der Waals surface area (Å²) in [5, 5.41) is 4.35. The minimum atomic E-state index is -0.777. The van der Waals surface area contributed by atoms with Crippen LogP contribution in [0.4, 0.5) is 5.69 Å². The highest BCUT2D eigenvalue weighted by Gasteiger charge is 2.35. The number of ketones is 1. The highest BCUT2D eigenvalue weighted by Crippen LogP contribution is 2.33. The first-order valence-corrected chi connectivity index (χ1v) is 9.76. The van der Waals surface area contributed by atoms with Crippen molar-refractivity contribution in [2.24, 2.45) is 0 Å². The maximum atomic E-state index is 13.1. The van der Waals surface area contributed by atoms with Crippen LogP contribution in [0.25, 0.3) is 0 Å². The molecule has 0 spiro atoms. The quantitative estimate of drug-likeness (QED) is 0.471. The molecule has 2 N–H and O–H groups in total. The number of amides is 2. The molecule has 28 heavy (non-hydrogen) atoms. The molecule has 2 aromatic carbocycles. The number of Topliss-reactive ketones (excluding diaryl/α,β-unsaturated/α-hetero) is 1. The molecule has 1 aliphatic heterocycles. The standard InChI is InChI=1S/C18H14BrCl2N3O4/c1-2-7-24(23-28-13-6-3-9(20)8-11(13)21)18(27)14-10(19)4-5-12-15(14)16(25)17(26)22-12/h3-6,8,23H,2,7H2,1H3,(H,22,25,26). The van der Waals surface area contributed by atoms with Crippen molar-refractivity contribution in [1.29, 1.82) is 0 Å². The van der Waals surface area contributed by atoms with E-state index in [0.717, 1.165) is 0 Å². The third-order valence-corrected chi connectivity index (χ3v) is 5.09. The maximum absolute atomic E-state index is 13.1. The first-order chi connectivity index (χ1) is 13.3. The number of carbonyl (C=O) groups is 3. The average Bonchev–Trinajstić information content (AvgIpc) is 2.94. The Bertz CT molecular complexity index is 984. The van der Waals surface area contributed by atoms with E-state index in [-0.39, 0.29) is 28.4 Å². The summed E-state index contributed by atoms with van der Waals surface area (Å²) in [6, 6.07) is 7.79. The van der Waals surface area contributed by atoms with Crippen LogP contribution in [0.15, 0.2) is 34.8 Å². The van der Waals surface area contributed by atoms with E-state index in [2.05, 4.69) is 26.8 Å². The number of hydrogen-bond acceptors (Lipinski definition) is 5. The fourth-order valence-electron chi connectivity index (χ4n) is 2.63.